The minimum atomic E-state index is 1.13. The van der Waals surface area contributed by atoms with Crippen LogP contribution in [0, 0.1) is 0 Å². The lowest BCUT2D eigenvalue weighted by Gasteiger charge is -2.25. The van der Waals surface area contributed by atoms with Crippen molar-refractivity contribution in [2.45, 2.75) is 0 Å². The molecule has 0 radical (unpaired) electrons. The molecule has 0 aliphatic heterocycles. The molecule has 0 spiro atoms. The lowest BCUT2D eigenvalue weighted by Crippen LogP contribution is -2.09. The number of nitrogens with zero attached hydrogens (tertiary/aromatic N) is 2. The maximum Gasteiger partial charge on any atom is 0.0541 e. The zero-order valence-electron chi connectivity index (χ0n) is 24.5. The fourth-order valence-corrected chi connectivity index (χ4v) is 7.86. The third kappa shape index (κ3) is 4.32. The summed E-state index contributed by atoms with van der Waals surface area (Å²) < 4.78 is 4.97. The number of anilines is 3. The van der Waals surface area contributed by atoms with Gasteiger partial charge in [0.2, 0.25) is 0 Å². The van der Waals surface area contributed by atoms with E-state index in [2.05, 4.69) is 179 Å². The number of aromatic nitrogens is 1. The maximum absolute atomic E-state index is 2.40. The van der Waals surface area contributed by atoms with Gasteiger partial charge in [-0.3, -0.25) is 0 Å². The fourth-order valence-electron chi connectivity index (χ4n) is 6.69. The molecule has 0 bridgehead atoms. The summed E-state index contributed by atoms with van der Waals surface area (Å²) in [6.07, 6.45) is 0. The molecular weight excluding hydrogens is 565 g/mol. The number of thiophene rings is 1. The second kappa shape index (κ2) is 10.5. The standard InChI is InChI=1S/C42H28N2S/c1-3-11-29(12-4-1)30-19-21-32(22-20-30)43(31-13-5-2-6-14-31)33-23-25-37-38-26-24-34(28-42(38)45-41(37)27-33)44-39-17-9-7-15-35(39)36-16-8-10-18-40(36)44/h1-28H. The number of rotatable bonds is 5. The second-order valence-electron chi connectivity index (χ2n) is 11.4. The van der Waals surface area contributed by atoms with Gasteiger partial charge >= 0.3 is 0 Å². The Kier molecular flexibility index (Phi) is 6.03. The number of fused-ring (bicyclic) bond motifs is 6. The summed E-state index contributed by atoms with van der Waals surface area (Å²) in [5, 5.41) is 5.16. The molecule has 7 aromatic carbocycles. The van der Waals surface area contributed by atoms with Crippen molar-refractivity contribution >= 4 is 70.4 Å². The zero-order chi connectivity index (χ0) is 29.7. The van der Waals surface area contributed by atoms with E-state index in [1.165, 1.54) is 58.8 Å². The minimum Gasteiger partial charge on any atom is -0.310 e. The minimum absolute atomic E-state index is 1.13. The number of hydrogen-bond acceptors (Lipinski definition) is 2. The molecule has 2 nitrogen and oxygen atoms in total. The first-order valence-electron chi connectivity index (χ1n) is 15.3. The van der Waals surface area contributed by atoms with Crippen molar-refractivity contribution in [1.29, 1.82) is 0 Å². The van der Waals surface area contributed by atoms with Crippen LogP contribution in [-0.4, -0.2) is 4.57 Å². The summed E-state index contributed by atoms with van der Waals surface area (Å²) >= 11 is 1.87. The Morgan fingerprint density at radius 3 is 1.58 bits per heavy atom. The molecule has 212 valence electrons. The molecular formula is C42H28N2S. The van der Waals surface area contributed by atoms with Crippen molar-refractivity contribution in [3.8, 4) is 16.8 Å². The quantitative estimate of drug-likeness (QED) is 0.193. The Hall–Kier alpha value is -5.64. The summed E-state index contributed by atoms with van der Waals surface area (Å²) in [5.41, 5.74) is 9.52. The molecule has 9 rings (SSSR count). The Balaban J connectivity index is 1.16. The van der Waals surface area contributed by atoms with Gasteiger partial charge in [-0.1, -0.05) is 109 Å². The third-order valence-electron chi connectivity index (χ3n) is 8.78. The van der Waals surface area contributed by atoms with Gasteiger partial charge in [-0.15, -0.1) is 11.3 Å². The van der Waals surface area contributed by atoms with Crippen molar-refractivity contribution in [2.24, 2.45) is 0 Å². The Morgan fingerprint density at radius 1 is 0.378 bits per heavy atom. The van der Waals surface area contributed by atoms with Crippen LogP contribution in [-0.2, 0) is 0 Å². The van der Waals surface area contributed by atoms with Crippen molar-refractivity contribution in [3.05, 3.63) is 170 Å². The van der Waals surface area contributed by atoms with Crippen molar-refractivity contribution in [1.82, 2.24) is 4.57 Å². The van der Waals surface area contributed by atoms with Gasteiger partial charge in [0.25, 0.3) is 0 Å². The molecule has 9 aromatic rings. The highest BCUT2D eigenvalue weighted by Crippen LogP contribution is 2.42. The van der Waals surface area contributed by atoms with Crippen molar-refractivity contribution in [2.75, 3.05) is 4.90 Å². The highest BCUT2D eigenvalue weighted by molar-refractivity contribution is 7.25. The van der Waals surface area contributed by atoms with Crippen LogP contribution in [0.25, 0.3) is 58.8 Å². The van der Waals surface area contributed by atoms with E-state index in [0.29, 0.717) is 0 Å². The van der Waals surface area contributed by atoms with Crippen LogP contribution in [0.15, 0.2) is 170 Å². The topological polar surface area (TPSA) is 8.17 Å². The molecule has 0 atom stereocenters. The Labute approximate surface area is 265 Å². The van der Waals surface area contributed by atoms with Crippen LogP contribution >= 0.6 is 11.3 Å². The van der Waals surface area contributed by atoms with Gasteiger partial charge in [-0.25, -0.2) is 0 Å². The molecule has 2 heterocycles. The smallest absolute Gasteiger partial charge is 0.0541 e. The predicted octanol–water partition coefficient (Wildman–Crippen LogP) is 12.3. The summed E-state index contributed by atoms with van der Waals surface area (Å²) in [4.78, 5) is 2.35. The largest absolute Gasteiger partial charge is 0.310 e. The van der Waals surface area contributed by atoms with E-state index < -0.39 is 0 Å². The first kappa shape index (κ1) is 25.8. The highest BCUT2D eigenvalue weighted by Gasteiger charge is 2.16. The van der Waals surface area contributed by atoms with Crippen LogP contribution in [0.2, 0.25) is 0 Å². The van der Waals surface area contributed by atoms with Gasteiger partial charge in [0.15, 0.2) is 0 Å². The fraction of sp³-hybridized carbons (Fsp3) is 0. The van der Waals surface area contributed by atoms with Crippen LogP contribution in [0.5, 0.6) is 0 Å². The summed E-state index contributed by atoms with van der Waals surface area (Å²) in [6, 6.07) is 61.3. The van der Waals surface area contributed by atoms with E-state index in [1.54, 1.807) is 0 Å². The van der Waals surface area contributed by atoms with E-state index in [0.717, 1.165) is 17.1 Å². The lowest BCUT2D eigenvalue weighted by molar-refractivity contribution is 1.19. The first-order valence-corrected chi connectivity index (χ1v) is 16.1. The Morgan fingerprint density at radius 2 is 0.889 bits per heavy atom. The second-order valence-corrected chi connectivity index (χ2v) is 12.5. The number of hydrogen-bond donors (Lipinski definition) is 0. The van der Waals surface area contributed by atoms with Gasteiger partial charge < -0.3 is 9.47 Å². The molecule has 0 saturated carbocycles. The molecule has 0 aliphatic rings. The molecule has 2 aromatic heterocycles. The van der Waals surface area contributed by atoms with Crippen LogP contribution in [0.1, 0.15) is 0 Å². The van der Waals surface area contributed by atoms with Gasteiger partial charge in [0.05, 0.1) is 11.0 Å². The molecule has 0 unspecified atom stereocenters. The average Bonchev–Trinajstić information content (AvgIpc) is 3.64. The lowest BCUT2D eigenvalue weighted by atomic mass is 10.0. The molecule has 0 N–H and O–H groups in total. The van der Waals surface area contributed by atoms with E-state index in [4.69, 9.17) is 0 Å². The van der Waals surface area contributed by atoms with Gasteiger partial charge in [0, 0.05) is 53.7 Å². The third-order valence-corrected chi connectivity index (χ3v) is 9.90. The van der Waals surface area contributed by atoms with Gasteiger partial charge in [0.1, 0.15) is 0 Å². The maximum atomic E-state index is 2.40. The van der Waals surface area contributed by atoms with E-state index >= 15 is 0 Å². The van der Waals surface area contributed by atoms with E-state index in [9.17, 15) is 0 Å². The Bertz CT molecular complexity index is 2420. The molecule has 0 amide bonds. The van der Waals surface area contributed by atoms with Crippen LogP contribution in [0.3, 0.4) is 0 Å². The van der Waals surface area contributed by atoms with Crippen LogP contribution in [0.4, 0.5) is 17.1 Å². The van der Waals surface area contributed by atoms with Gasteiger partial charge in [-0.2, -0.15) is 0 Å². The summed E-state index contributed by atoms with van der Waals surface area (Å²) in [7, 11) is 0. The SMILES string of the molecule is c1ccc(-c2ccc(N(c3ccccc3)c3ccc4c(c3)sc3cc(-n5c6ccccc6c6ccccc65)ccc34)cc2)cc1. The molecule has 0 fully saturated rings. The highest BCUT2D eigenvalue weighted by atomic mass is 32.1. The number of para-hydroxylation sites is 3. The van der Waals surface area contributed by atoms with E-state index in [1.807, 2.05) is 11.3 Å². The average molecular weight is 593 g/mol. The normalized spacial score (nSPS) is 11.6. The summed E-state index contributed by atoms with van der Waals surface area (Å²) in [6.45, 7) is 0. The zero-order valence-corrected chi connectivity index (χ0v) is 25.3. The van der Waals surface area contributed by atoms with Gasteiger partial charge in [-0.05, 0) is 71.8 Å². The monoisotopic (exact) mass is 592 g/mol. The van der Waals surface area contributed by atoms with Crippen molar-refractivity contribution in [3.63, 3.8) is 0 Å². The molecule has 3 heteroatoms. The molecule has 0 aliphatic carbocycles. The molecule has 0 saturated heterocycles. The predicted molar refractivity (Wildman–Crippen MR) is 194 cm³/mol. The summed E-state index contributed by atoms with van der Waals surface area (Å²) in [5.74, 6) is 0. The van der Waals surface area contributed by atoms with Crippen LogP contribution < -0.4 is 4.90 Å². The first-order chi connectivity index (χ1) is 22.3. The van der Waals surface area contributed by atoms with Crippen molar-refractivity contribution < 1.29 is 0 Å². The van der Waals surface area contributed by atoms with E-state index in [-0.39, 0.29) is 0 Å². The number of benzene rings is 7. The molecule has 45 heavy (non-hydrogen) atoms.